The lowest BCUT2D eigenvalue weighted by atomic mass is 10.2. The SMILES string of the molecule is CNCCS(=O)(=O)NCCCCCSC. The molecule has 0 saturated carbocycles. The number of unbranched alkanes of at least 4 members (excludes halogenated alkanes) is 2. The third-order valence-electron chi connectivity index (χ3n) is 1.97. The Hall–Kier alpha value is 0.220. The minimum atomic E-state index is -3.05. The number of rotatable bonds is 10. The van der Waals surface area contributed by atoms with Crippen LogP contribution < -0.4 is 10.0 Å². The smallest absolute Gasteiger partial charge is 0.212 e. The summed E-state index contributed by atoms with van der Waals surface area (Å²) in [6, 6.07) is 0. The highest BCUT2D eigenvalue weighted by atomic mass is 32.2. The second kappa shape index (κ2) is 9.45. The number of thioether (sulfide) groups is 1. The lowest BCUT2D eigenvalue weighted by Gasteiger charge is -2.05. The van der Waals surface area contributed by atoms with Gasteiger partial charge in [0.15, 0.2) is 0 Å². The maximum atomic E-state index is 11.3. The van der Waals surface area contributed by atoms with E-state index in [2.05, 4.69) is 16.3 Å². The molecule has 0 aliphatic rings. The second-order valence-electron chi connectivity index (χ2n) is 3.37. The fourth-order valence-electron chi connectivity index (χ4n) is 1.08. The number of nitrogens with one attached hydrogen (secondary N) is 2. The molecule has 0 aromatic carbocycles. The van der Waals surface area contributed by atoms with Crippen LogP contribution in [0.5, 0.6) is 0 Å². The molecule has 0 radical (unpaired) electrons. The van der Waals surface area contributed by atoms with Crippen molar-refractivity contribution in [2.75, 3.05) is 37.9 Å². The van der Waals surface area contributed by atoms with E-state index in [0.29, 0.717) is 13.1 Å². The second-order valence-corrected chi connectivity index (χ2v) is 6.28. The molecule has 6 heteroatoms. The molecule has 2 N–H and O–H groups in total. The number of hydrogen-bond acceptors (Lipinski definition) is 4. The van der Waals surface area contributed by atoms with E-state index in [9.17, 15) is 8.42 Å². The maximum Gasteiger partial charge on any atom is 0.212 e. The van der Waals surface area contributed by atoms with Gasteiger partial charge in [0.2, 0.25) is 10.0 Å². The molecule has 0 aromatic rings. The van der Waals surface area contributed by atoms with Gasteiger partial charge in [-0.3, -0.25) is 0 Å². The summed E-state index contributed by atoms with van der Waals surface area (Å²) in [6.07, 6.45) is 5.27. The summed E-state index contributed by atoms with van der Waals surface area (Å²) in [4.78, 5) is 0. The van der Waals surface area contributed by atoms with E-state index in [1.807, 2.05) is 11.8 Å². The molecule has 0 aliphatic carbocycles. The Balaban J connectivity index is 3.41. The van der Waals surface area contributed by atoms with Crippen LogP contribution in [-0.2, 0) is 10.0 Å². The first-order valence-corrected chi connectivity index (χ1v) is 8.28. The molecular formula is C9H22N2O2S2. The van der Waals surface area contributed by atoms with Crippen LogP contribution in [0.4, 0.5) is 0 Å². The van der Waals surface area contributed by atoms with Crippen molar-refractivity contribution in [2.24, 2.45) is 0 Å². The van der Waals surface area contributed by atoms with E-state index in [-0.39, 0.29) is 5.75 Å². The van der Waals surface area contributed by atoms with E-state index in [0.717, 1.165) is 18.6 Å². The van der Waals surface area contributed by atoms with Crippen LogP contribution in [0.25, 0.3) is 0 Å². The van der Waals surface area contributed by atoms with Gasteiger partial charge in [-0.15, -0.1) is 0 Å². The summed E-state index contributed by atoms with van der Waals surface area (Å²) < 4.78 is 25.2. The standard InChI is InChI=1S/C9H22N2O2S2/c1-10-7-9-15(12,13)11-6-4-3-5-8-14-2/h10-11H,3-9H2,1-2H3. The Labute approximate surface area is 97.6 Å². The normalized spacial score (nSPS) is 11.9. The van der Waals surface area contributed by atoms with Gasteiger partial charge in [0, 0.05) is 13.1 Å². The third kappa shape index (κ3) is 10.5. The minimum absolute atomic E-state index is 0.161. The highest BCUT2D eigenvalue weighted by Crippen LogP contribution is 2.01. The van der Waals surface area contributed by atoms with Gasteiger partial charge in [0.1, 0.15) is 0 Å². The first-order chi connectivity index (χ1) is 7.12. The van der Waals surface area contributed by atoms with E-state index < -0.39 is 10.0 Å². The van der Waals surface area contributed by atoms with Crippen molar-refractivity contribution in [3.8, 4) is 0 Å². The van der Waals surface area contributed by atoms with Gasteiger partial charge in [0.25, 0.3) is 0 Å². The molecule has 0 atom stereocenters. The molecule has 0 aromatic heterocycles. The van der Waals surface area contributed by atoms with Crippen LogP contribution in [0.3, 0.4) is 0 Å². The maximum absolute atomic E-state index is 11.3. The summed E-state index contributed by atoms with van der Waals surface area (Å²) in [5.41, 5.74) is 0. The molecule has 0 saturated heterocycles. The van der Waals surface area contributed by atoms with E-state index >= 15 is 0 Å². The molecule has 0 aliphatic heterocycles. The average Bonchev–Trinajstić information content (AvgIpc) is 2.20. The average molecular weight is 254 g/mol. The third-order valence-corrected chi connectivity index (χ3v) is 4.05. The predicted octanol–water partition coefficient (Wildman–Crippen LogP) is 0.658. The van der Waals surface area contributed by atoms with Crippen molar-refractivity contribution in [3.63, 3.8) is 0 Å². The van der Waals surface area contributed by atoms with Crippen molar-refractivity contribution >= 4 is 21.8 Å². The van der Waals surface area contributed by atoms with Gasteiger partial charge < -0.3 is 5.32 Å². The van der Waals surface area contributed by atoms with Crippen LogP contribution in [-0.4, -0.2) is 46.3 Å². The van der Waals surface area contributed by atoms with E-state index in [1.54, 1.807) is 7.05 Å². The highest BCUT2D eigenvalue weighted by Gasteiger charge is 2.07. The molecule has 4 nitrogen and oxygen atoms in total. The van der Waals surface area contributed by atoms with Gasteiger partial charge in [-0.2, -0.15) is 11.8 Å². The van der Waals surface area contributed by atoms with Crippen molar-refractivity contribution in [2.45, 2.75) is 19.3 Å². The summed E-state index contributed by atoms with van der Waals surface area (Å²) in [5, 5.41) is 2.82. The Morgan fingerprint density at radius 1 is 1.13 bits per heavy atom. The minimum Gasteiger partial charge on any atom is -0.319 e. The van der Waals surface area contributed by atoms with Gasteiger partial charge in [0.05, 0.1) is 5.75 Å². The van der Waals surface area contributed by atoms with E-state index in [4.69, 9.17) is 0 Å². The van der Waals surface area contributed by atoms with Gasteiger partial charge in [-0.25, -0.2) is 13.1 Å². The van der Waals surface area contributed by atoms with Crippen LogP contribution in [0.1, 0.15) is 19.3 Å². The van der Waals surface area contributed by atoms with Crippen molar-refractivity contribution < 1.29 is 8.42 Å². The van der Waals surface area contributed by atoms with Crippen LogP contribution >= 0.6 is 11.8 Å². The largest absolute Gasteiger partial charge is 0.319 e. The monoisotopic (exact) mass is 254 g/mol. The van der Waals surface area contributed by atoms with Crippen molar-refractivity contribution in [1.82, 2.24) is 10.0 Å². The fourth-order valence-corrected chi connectivity index (χ4v) is 2.65. The fraction of sp³-hybridized carbons (Fsp3) is 1.00. The van der Waals surface area contributed by atoms with Crippen molar-refractivity contribution in [1.29, 1.82) is 0 Å². The van der Waals surface area contributed by atoms with Gasteiger partial charge in [-0.1, -0.05) is 6.42 Å². The molecule has 0 spiro atoms. The topological polar surface area (TPSA) is 58.2 Å². The molecule has 0 heterocycles. The number of sulfonamides is 1. The van der Waals surface area contributed by atoms with Gasteiger partial charge >= 0.3 is 0 Å². The zero-order valence-corrected chi connectivity index (χ0v) is 11.2. The zero-order valence-electron chi connectivity index (χ0n) is 9.58. The molecule has 0 amide bonds. The molecule has 0 fully saturated rings. The summed E-state index contributed by atoms with van der Waals surface area (Å²) in [7, 11) is -1.31. The van der Waals surface area contributed by atoms with Crippen LogP contribution in [0, 0.1) is 0 Å². The Morgan fingerprint density at radius 3 is 2.47 bits per heavy atom. The zero-order chi connectivity index (χ0) is 11.6. The Morgan fingerprint density at radius 2 is 1.87 bits per heavy atom. The van der Waals surface area contributed by atoms with Crippen molar-refractivity contribution in [3.05, 3.63) is 0 Å². The first kappa shape index (κ1) is 15.2. The quantitative estimate of drug-likeness (QED) is 0.562. The van der Waals surface area contributed by atoms with Crippen LogP contribution in [0.2, 0.25) is 0 Å². The molecular weight excluding hydrogens is 232 g/mol. The molecule has 92 valence electrons. The van der Waals surface area contributed by atoms with Crippen LogP contribution in [0.15, 0.2) is 0 Å². The van der Waals surface area contributed by atoms with E-state index in [1.165, 1.54) is 6.42 Å². The Kier molecular flexibility index (Phi) is 9.58. The molecule has 15 heavy (non-hydrogen) atoms. The summed E-state index contributed by atoms with van der Waals surface area (Å²) in [5.74, 6) is 1.32. The molecule has 0 unspecified atom stereocenters. The molecule has 0 rings (SSSR count). The first-order valence-electron chi connectivity index (χ1n) is 5.23. The summed E-state index contributed by atoms with van der Waals surface area (Å²) >= 11 is 1.83. The Bertz CT molecular complexity index is 230. The summed E-state index contributed by atoms with van der Waals surface area (Å²) in [6.45, 7) is 1.07. The molecule has 0 bridgehead atoms. The van der Waals surface area contributed by atoms with Gasteiger partial charge in [-0.05, 0) is 31.9 Å². The predicted molar refractivity (Wildman–Crippen MR) is 67.9 cm³/mol. The number of hydrogen-bond donors (Lipinski definition) is 2. The highest BCUT2D eigenvalue weighted by molar-refractivity contribution is 7.98. The lowest BCUT2D eigenvalue weighted by molar-refractivity contribution is 0.574. The lowest BCUT2D eigenvalue weighted by Crippen LogP contribution is -2.31.